The first-order valence-electron chi connectivity index (χ1n) is 7.37. The highest BCUT2D eigenvalue weighted by Gasteiger charge is 2.29. The molecule has 0 aliphatic carbocycles. The van der Waals surface area contributed by atoms with Gasteiger partial charge in [0.1, 0.15) is 12.0 Å². The van der Waals surface area contributed by atoms with Crippen LogP contribution in [0.4, 0.5) is 0 Å². The number of methoxy groups -OCH3 is 1. The van der Waals surface area contributed by atoms with Crippen LogP contribution in [0.3, 0.4) is 0 Å². The zero-order valence-corrected chi connectivity index (χ0v) is 14.0. The van der Waals surface area contributed by atoms with Gasteiger partial charge in [-0.05, 0) is 19.1 Å². The first-order chi connectivity index (χ1) is 11.2. The number of carbonyl (C=O) groups is 1. The van der Waals surface area contributed by atoms with Gasteiger partial charge in [-0.25, -0.2) is 0 Å². The van der Waals surface area contributed by atoms with E-state index in [9.17, 15) is 9.90 Å². The molecule has 126 valence electrons. The number of aliphatic hydroxyl groups excluding tert-OH is 1. The van der Waals surface area contributed by atoms with E-state index in [-0.39, 0.29) is 17.2 Å². The minimum Gasteiger partial charge on any atom is -0.493 e. The molecule has 1 aromatic rings. The van der Waals surface area contributed by atoms with Crippen LogP contribution in [0.15, 0.2) is 36.3 Å². The van der Waals surface area contributed by atoms with E-state index in [4.69, 9.17) is 14.2 Å². The van der Waals surface area contributed by atoms with E-state index in [1.165, 1.54) is 0 Å². The number of nitrogens with zero attached hydrogens (tertiary/aromatic N) is 1. The molecule has 1 heterocycles. The van der Waals surface area contributed by atoms with Gasteiger partial charge in [0.05, 0.1) is 19.8 Å². The summed E-state index contributed by atoms with van der Waals surface area (Å²) in [5.41, 5.74) is 0. The number of thioether (sulfide) groups is 1. The lowest BCUT2D eigenvalue weighted by Gasteiger charge is -2.23. The van der Waals surface area contributed by atoms with Crippen molar-refractivity contribution < 1.29 is 24.1 Å². The molecule has 1 N–H and O–H groups in total. The van der Waals surface area contributed by atoms with Crippen LogP contribution in [0, 0.1) is 0 Å². The highest BCUT2D eigenvalue weighted by Crippen LogP contribution is 2.29. The molecule has 1 fully saturated rings. The Morgan fingerprint density at radius 3 is 2.87 bits per heavy atom. The summed E-state index contributed by atoms with van der Waals surface area (Å²) >= 11 is 1.64. The third-order valence-corrected chi connectivity index (χ3v) is 4.46. The molecule has 1 aliphatic rings. The summed E-state index contributed by atoms with van der Waals surface area (Å²) in [5, 5.41) is 9.37. The molecular weight excluding hydrogens is 318 g/mol. The fourth-order valence-corrected chi connectivity index (χ4v) is 3.32. The normalized spacial score (nSPS) is 17.9. The Hall–Kier alpha value is -2.02. The quantitative estimate of drug-likeness (QED) is 0.608. The maximum atomic E-state index is 12.2. The fraction of sp³-hybridized carbons (Fsp3) is 0.438. The van der Waals surface area contributed by atoms with Crippen molar-refractivity contribution in [1.82, 2.24) is 4.90 Å². The van der Waals surface area contributed by atoms with E-state index in [1.54, 1.807) is 30.7 Å². The average Bonchev–Trinajstić information content (AvgIpc) is 3.02. The van der Waals surface area contributed by atoms with E-state index in [2.05, 4.69) is 0 Å². The van der Waals surface area contributed by atoms with Gasteiger partial charge in [0.25, 0.3) is 11.9 Å². The first kappa shape index (κ1) is 17.3. The van der Waals surface area contributed by atoms with E-state index in [1.807, 2.05) is 24.3 Å². The highest BCUT2D eigenvalue weighted by molar-refractivity contribution is 8.00. The minimum absolute atomic E-state index is 0.113. The fourth-order valence-electron chi connectivity index (χ4n) is 2.19. The molecule has 0 radical (unpaired) electrons. The molecule has 1 unspecified atom stereocenters. The Morgan fingerprint density at radius 1 is 1.43 bits per heavy atom. The molecule has 0 saturated carbocycles. The lowest BCUT2D eigenvalue weighted by atomic mass is 10.3. The van der Waals surface area contributed by atoms with Gasteiger partial charge in [-0.3, -0.25) is 4.79 Å². The minimum atomic E-state index is -0.362. The summed E-state index contributed by atoms with van der Waals surface area (Å²) < 4.78 is 15.9. The summed E-state index contributed by atoms with van der Waals surface area (Å²) in [4.78, 5) is 13.9. The molecule has 2 rings (SSSR count). The second-order valence-corrected chi connectivity index (χ2v) is 6.02. The number of ether oxygens (including phenoxy) is 3. The Morgan fingerprint density at radius 2 is 2.17 bits per heavy atom. The van der Waals surface area contributed by atoms with Crippen LogP contribution in [0.25, 0.3) is 0 Å². The molecule has 1 aromatic carbocycles. The van der Waals surface area contributed by atoms with Crippen molar-refractivity contribution in [2.75, 3.05) is 32.6 Å². The molecule has 23 heavy (non-hydrogen) atoms. The number of benzene rings is 1. The van der Waals surface area contributed by atoms with E-state index < -0.39 is 0 Å². The number of para-hydroxylation sites is 2. The van der Waals surface area contributed by atoms with Gasteiger partial charge in [0.2, 0.25) is 0 Å². The standard InChI is InChI=1S/C16H21NO5S/c1-3-21-16(19)10-14(18)17-8-9-23-15(17)11-22-13-7-5-4-6-12(13)20-2/h4-7,10,15,19H,3,8-9,11H2,1-2H3/b16-10+. The van der Waals surface area contributed by atoms with Crippen LogP contribution in [-0.2, 0) is 9.53 Å². The van der Waals surface area contributed by atoms with Crippen molar-refractivity contribution in [3.05, 3.63) is 36.3 Å². The van der Waals surface area contributed by atoms with Gasteiger partial charge in [0, 0.05) is 12.3 Å². The van der Waals surface area contributed by atoms with Crippen LogP contribution in [0.2, 0.25) is 0 Å². The van der Waals surface area contributed by atoms with Crippen molar-refractivity contribution in [2.24, 2.45) is 0 Å². The number of amides is 1. The second-order valence-electron chi connectivity index (χ2n) is 4.73. The lowest BCUT2D eigenvalue weighted by Crippen LogP contribution is -2.37. The Bertz CT molecular complexity index is 563. The largest absolute Gasteiger partial charge is 0.493 e. The molecular formula is C16H21NO5S. The molecule has 0 spiro atoms. The second kappa shape index (κ2) is 8.57. The molecule has 0 bridgehead atoms. The topological polar surface area (TPSA) is 68.2 Å². The van der Waals surface area contributed by atoms with Crippen LogP contribution in [-0.4, -0.2) is 53.9 Å². The van der Waals surface area contributed by atoms with Gasteiger partial charge >= 0.3 is 0 Å². The summed E-state index contributed by atoms with van der Waals surface area (Å²) in [5.74, 6) is 1.48. The predicted octanol–water partition coefficient (Wildman–Crippen LogP) is 2.41. The predicted molar refractivity (Wildman–Crippen MR) is 88.8 cm³/mol. The van der Waals surface area contributed by atoms with E-state index >= 15 is 0 Å². The molecule has 6 nitrogen and oxygen atoms in total. The lowest BCUT2D eigenvalue weighted by molar-refractivity contribution is -0.126. The Labute approximate surface area is 140 Å². The SMILES string of the molecule is CCO/C(O)=C/C(=O)N1CCSC1COc1ccccc1OC. The van der Waals surface area contributed by atoms with Crippen molar-refractivity contribution in [2.45, 2.75) is 12.3 Å². The summed E-state index contributed by atoms with van der Waals surface area (Å²) in [6.07, 6.45) is 1.10. The Balaban J connectivity index is 1.96. The van der Waals surface area contributed by atoms with Crippen LogP contribution < -0.4 is 9.47 Å². The number of aliphatic hydroxyl groups is 1. The van der Waals surface area contributed by atoms with Crippen LogP contribution >= 0.6 is 11.8 Å². The first-order valence-corrected chi connectivity index (χ1v) is 8.42. The molecule has 7 heteroatoms. The summed E-state index contributed by atoms with van der Waals surface area (Å²) in [7, 11) is 1.59. The molecule has 0 aromatic heterocycles. The molecule has 1 atom stereocenters. The summed E-state index contributed by atoms with van der Waals surface area (Å²) in [6.45, 7) is 3.01. The number of rotatable bonds is 7. The van der Waals surface area contributed by atoms with Crippen LogP contribution in [0.5, 0.6) is 11.5 Å². The summed E-state index contributed by atoms with van der Waals surface area (Å²) in [6, 6.07) is 7.38. The number of carbonyl (C=O) groups excluding carboxylic acids is 1. The van der Waals surface area contributed by atoms with Gasteiger partial charge in [-0.15, -0.1) is 11.8 Å². The van der Waals surface area contributed by atoms with Crippen molar-refractivity contribution in [1.29, 1.82) is 0 Å². The third-order valence-electron chi connectivity index (χ3n) is 3.26. The maximum Gasteiger partial charge on any atom is 0.282 e. The van der Waals surface area contributed by atoms with Crippen molar-refractivity contribution in [3.8, 4) is 11.5 Å². The van der Waals surface area contributed by atoms with Crippen LogP contribution in [0.1, 0.15) is 6.92 Å². The van der Waals surface area contributed by atoms with Gasteiger partial charge in [-0.1, -0.05) is 12.1 Å². The average molecular weight is 339 g/mol. The van der Waals surface area contributed by atoms with Gasteiger partial charge < -0.3 is 24.2 Å². The van der Waals surface area contributed by atoms with Gasteiger partial charge in [-0.2, -0.15) is 0 Å². The zero-order valence-electron chi connectivity index (χ0n) is 13.2. The number of hydrogen-bond acceptors (Lipinski definition) is 6. The maximum absolute atomic E-state index is 12.2. The van der Waals surface area contributed by atoms with E-state index in [0.29, 0.717) is 31.3 Å². The zero-order chi connectivity index (χ0) is 16.7. The van der Waals surface area contributed by atoms with Gasteiger partial charge in [0.15, 0.2) is 11.5 Å². The monoisotopic (exact) mass is 339 g/mol. The highest BCUT2D eigenvalue weighted by atomic mass is 32.2. The molecule has 1 amide bonds. The van der Waals surface area contributed by atoms with E-state index in [0.717, 1.165) is 11.8 Å². The molecule has 1 aliphatic heterocycles. The Kier molecular flexibility index (Phi) is 6.46. The van der Waals surface area contributed by atoms with Crippen molar-refractivity contribution in [3.63, 3.8) is 0 Å². The van der Waals surface area contributed by atoms with Crippen molar-refractivity contribution >= 4 is 17.7 Å². The number of hydrogen-bond donors (Lipinski definition) is 1. The third kappa shape index (κ3) is 4.72. The molecule has 1 saturated heterocycles. The smallest absolute Gasteiger partial charge is 0.282 e.